The van der Waals surface area contributed by atoms with E-state index in [2.05, 4.69) is 35.0 Å². The molecule has 2 rings (SSSR count). The fraction of sp³-hybridized carbons (Fsp3) is 0.200. The molecule has 0 atom stereocenters. The molecule has 1 N–H and O–H groups in total. The fourth-order valence-electron chi connectivity index (χ4n) is 1.70. The van der Waals surface area contributed by atoms with Crippen LogP contribution in [0.25, 0.3) is 0 Å². The van der Waals surface area contributed by atoms with Gasteiger partial charge in [0.25, 0.3) is 0 Å². The molecule has 3 heteroatoms. The quantitative estimate of drug-likeness (QED) is 0.930. The van der Waals surface area contributed by atoms with E-state index in [0.29, 0.717) is 6.61 Å². The first-order valence-corrected chi connectivity index (χ1v) is 6.56. The normalized spacial score (nSPS) is 10.4. The van der Waals surface area contributed by atoms with Crippen molar-refractivity contribution in [2.24, 2.45) is 0 Å². The Morgan fingerprint density at radius 3 is 2.61 bits per heavy atom. The van der Waals surface area contributed by atoms with Gasteiger partial charge in [-0.1, -0.05) is 40.2 Å². The number of halogens is 1. The Bertz CT molecular complexity index is 538. The maximum Gasteiger partial charge on any atom is 0.120 e. The van der Waals surface area contributed by atoms with Crippen LogP contribution in [0.3, 0.4) is 0 Å². The van der Waals surface area contributed by atoms with Crippen molar-refractivity contribution >= 4 is 15.9 Å². The summed E-state index contributed by atoms with van der Waals surface area (Å²) in [6.45, 7) is 2.61. The van der Waals surface area contributed by atoms with Crippen molar-refractivity contribution in [3.05, 3.63) is 63.6 Å². The van der Waals surface area contributed by atoms with Gasteiger partial charge < -0.3 is 9.84 Å². The fourth-order valence-corrected chi connectivity index (χ4v) is 2.07. The van der Waals surface area contributed by atoms with Crippen molar-refractivity contribution in [3.8, 4) is 5.75 Å². The van der Waals surface area contributed by atoms with Crippen LogP contribution in [0.2, 0.25) is 0 Å². The van der Waals surface area contributed by atoms with Gasteiger partial charge in [0.1, 0.15) is 12.4 Å². The van der Waals surface area contributed by atoms with Gasteiger partial charge in [-0.05, 0) is 41.8 Å². The summed E-state index contributed by atoms with van der Waals surface area (Å²) >= 11 is 3.38. The van der Waals surface area contributed by atoms with Gasteiger partial charge in [0.2, 0.25) is 0 Å². The zero-order valence-corrected chi connectivity index (χ0v) is 11.8. The lowest BCUT2D eigenvalue weighted by molar-refractivity contribution is 0.277. The van der Waals surface area contributed by atoms with Gasteiger partial charge in [-0.3, -0.25) is 0 Å². The predicted molar refractivity (Wildman–Crippen MR) is 75.6 cm³/mol. The first kappa shape index (κ1) is 13.1. The van der Waals surface area contributed by atoms with Crippen molar-refractivity contribution in [2.45, 2.75) is 20.1 Å². The van der Waals surface area contributed by atoms with Crippen LogP contribution in [0.1, 0.15) is 16.7 Å². The lowest BCUT2D eigenvalue weighted by Crippen LogP contribution is -1.98. The predicted octanol–water partition coefficient (Wildman–Crippen LogP) is 3.83. The van der Waals surface area contributed by atoms with E-state index in [1.165, 1.54) is 11.1 Å². The molecule has 0 aliphatic rings. The highest BCUT2D eigenvalue weighted by Gasteiger charge is 2.03. The first-order valence-electron chi connectivity index (χ1n) is 5.77. The number of aliphatic hydroxyl groups is 1. The first-order chi connectivity index (χ1) is 8.70. The molecule has 0 radical (unpaired) electrons. The van der Waals surface area contributed by atoms with Gasteiger partial charge in [-0.2, -0.15) is 0 Å². The summed E-state index contributed by atoms with van der Waals surface area (Å²) in [4.78, 5) is 0. The van der Waals surface area contributed by atoms with Gasteiger partial charge in [-0.25, -0.2) is 0 Å². The minimum atomic E-state index is 0.00213. The van der Waals surface area contributed by atoms with Crippen LogP contribution < -0.4 is 4.74 Å². The van der Waals surface area contributed by atoms with Gasteiger partial charge in [0, 0.05) is 4.47 Å². The molecule has 0 saturated heterocycles. The summed E-state index contributed by atoms with van der Waals surface area (Å²) in [5, 5.41) is 9.19. The Hall–Kier alpha value is -1.32. The Labute approximate surface area is 115 Å². The van der Waals surface area contributed by atoms with Crippen molar-refractivity contribution < 1.29 is 9.84 Å². The van der Waals surface area contributed by atoms with Gasteiger partial charge in [0.05, 0.1) is 6.61 Å². The molecule has 94 valence electrons. The summed E-state index contributed by atoms with van der Waals surface area (Å²) in [5.74, 6) is 0.769. The Balaban J connectivity index is 2.09. The molecule has 2 nitrogen and oxygen atoms in total. The minimum absolute atomic E-state index is 0.00213. The van der Waals surface area contributed by atoms with Crippen LogP contribution >= 0.6 is 15.9 Å². The third-order valence-electron chi connectivity index (χ3n) is 2.84. The zero-order chi connectivity index (χ0) is 13.0. The van der Waals surface area contributed by atoms with E-state index >= 15 is 0 Å². The zero-order valence-electron chi connectivity index (χ0n) is 10.2. The van der Waals surface area contributed by atoms with E-state index in [4.69, 9.17) is 4.74 Å². The van der Waals surface area contributed by atoms with E-state index in [0.717, 1.165) is 15.8 Å². The highest BCUT2D eigenvalue weighted by atomic mass is 79.9. The average molecular weight is 307 g/mol. The van der Waals surface area contributed by atoms with Crippen LogP contribution in [-0.4, -0.2) is 5.11 Å². The van der Waals surface area contributed by atoms with Gasteiger partial charge >= 0.3 is 0 Å². The monoisotopic (exact) mass is 306 g/mol. The van der Waals surface area contributed by atoms with Crippen molar-refractivity contribution in [1.82, 2.24) is 0 Å². The molecule has 0 unspecified atom stereocenters. The van der Waals surface area contributed by atoms with Crippen LogP contribution in [0, 0.1) is 6.92 Å². The number of ether oxygens (including phenoxy) is 1. The highest BCUT2D eigenvalue weighted by molar-refractivity contribution is 9.10. The topological polar surface area (TPSA) is 29.5 Å². The second-order valence-corrected chi connectivity index (χ2v) is 4.98. The average Bonchev–Trinajstić information content (AvgIpc) is 2.39. The van der Waals surface area contributed by atoms with Crippen LogP contribution in [0.15, 0.2) is 46.9 Å². The molecule has 2 aromatic carbocycles. The third kappa shape index (κ3) is 3.12. The van der Waals surface area contributed by atoms with Crippen molar-refractivity contribution in [3.63, 3.8) is 0 Å². The van der Waals surface area contributed by atoms with Crippen molar-refractivity contribution in [2.75, 3.05) is 0 Å². The summed E-state index contributed by atoms with van der Waals surface area (Å²) < 4.78 is 6.63. The Morgan fingerprint density at radius 2 is 1.89 bits per heavy atom. The molecule has 0 heterocycles. The Kier molecular flexibility index (Phi) is 4.39. The number of aliphatic hydroxyl groups excluding tert-OH is 1. The second kappa shape index (κ2) is 6.03. The molecule has 0 aromatic heterocycles. The van der Waals surface area contributed by atoms with E-state index in [-0.39, 0.29) is 6.61 Å². The maximum absolute atomic E-state index is 9.19. The summed E-state index contributed by atoms with van der Waals surface area (Å²) in [6, 6.07) is 13.8. The van der Waals surface area contributed by atoms with Gasteiger partial charge in [0.15, 0.2) is 0 Å². The molecule has 0 fully saturated rings. The Morgan fingerprint density at radius 1 is 1.11 bits per heavy atom. The molecule has 0 saturated carbocycles. The summed E-state index contributed by atoms with van der Waals surface area (Å²) in [5.41, 5.74) is 3.22. The number of rotatable bonds is 4. The lowest BCUT2D eigenvalue weighted by atomic mass is 10.1. The van der Waals surface area contributed by atoms with Gasteiger partial charge in [-0.15, -0.1) is 0 Å². The number of aryl methyl sites for hydroxylation is 1. The molecule has 18 heavy (non-hydrogen) atoms. The van der Waals surface area contributed by atoms with E-state index in [1.807, 2.05) is 30.3 Å². The SMILES string of the molecule is Cc1ccccc1COc1ccc(Br)c(CO)c1. The summed E-state index contributed by atoms with van der Waals surface area (Å²) in [6.07, 6.45) is 0. The largest absolute Gasteiger partial charge is 0.489 e. The van der Waals surface area contributed by atoms with Crippen LogP contribution in [0.4, 0.5) is 0 Å². The number of hydrogen-bond acceptors (Lipinski definition) is 2. The minimum Gasteiger partial charge on any atom is -0.489 e. The smallest absolute Gasteiger partial charge is 0.120 e. The molecular weight excluding hydrogens is 292 g/mol. The molecular formula is C15H15BrO2. The number of benzene rings is 2. The maximum atomic E-state index is 9.19. The van der Waals surface area contributed by atoms with E-state index < -0.39 is 0 Å². The molecule has 0 aliphatic heterocycles. The summed E-state index contributed by atoms with van der Waals surface area (Å²) in [7, 11) is 0. The van der Waals surface area contributed by atoms with E-state index in [1.54, 1.807) is 0 Å². The second-order valence-electron chi connectivity index (χ2n) is 4.13. The molecule has 0 spiro atoms. The molecule has 2 aromatic rings. The van der Waals surface area contributed by atoms with E-state index in [9.17, 15) is 5.11 Å². The standard InChI is InChI=1S/C15H15BrO2/c1-11-4-2-3-5-12(11)10-18-14-6-7-15(16)13(8-14)9-17/h2-8,17H,9-10H2,1H3. The lowest BCUT2D eigenvalue weighted by Gasteiger charge is -2.10. The third-order valence-corrected chi connectivity index (χ3v) is 3.62. The van der Waals surface area contributed by atoms with Crippen molar-refractivity contribution in [1.29, 1.82) is 0 Å². The highest BCUT2D eigenvalue weighted by Crippen LogP contribution is 2.23. The molecule has 0 amide bonds. The van der Waals surface area contributed by atoms with Crippen LogP contribution in [0.5, 0.6) is 5.75 Å². The molecule has 0 bridgehead atoms. The number of hydrogen-bond donors (Lipinski definition) is 1. The molecule has 0 aliphatic carbocycles. The van der Waals surface area contributed by atoms with Crippen LogP contribution in [-0.2, 0) is 13.2 Å².